The predicted octanol–water partition coefficient (Wildman–Crippen LogP) is 3.63. The number of hydrogen-bond donors (Lipinski definition) is 2. The Balaban J connectivity index is 1.67. The van der Waals surface area contributed by atoms with E-state index in [-0.39, 0.29) is 5.91 Å². The second-order valence-electron chi connectivity index (χ2n) is 6.39. The number of nitrogens with one attached hydrogen (secondary N) is 2. The van der Waals surface area contributed by atoms with Crippen LogP contribution in [0.5, 0.6) is 0 Å². The molecule has 0 saturated heterocycles. The van der Waals surface area contributed by atoms with Crippen LogP contribution in [0.4, 0.5) is 5.69 Å². The van der Waals surface area contributed by atoms with Crippen molar-refractivity contribution in [2.45, 2.75) is 20.8 Å². The van der Waals surface area contributed by atoms with Crippen LogP contribution in [0.1, 0.15) is 27.3 Å². The number of fused-ring (bicyclic) bond motifs is 2. The largest absolute Gasteiger partial charge is 0.358 e. The molecule has 3 heterocycles. The van der Waals surface area contributed by atoms with Crippen LogP contribution in [-0.4, -0.2) is 25.7 Å². The number of nitrogens with zero attached hydrogens (tertiary/aromatic N) is 3. The second-order valence-corrected chi connectivity index (χ2v) is 6.39. The van der Waals surface area contributed by atoms with Crippen molar-refractivity contribution in [1.29, 1.82) is 0 Å². The van der Waals surface area contributed by atoms with Crippen LogP contribution in [-0.2, 0) is 7.05 Å². The molecular formula is C19H19N5O. The topological polar surface area (TPSA) is 75.6 Å². The van der Waals surface area contributed by atoms with Crippen LogP contribution < -0.4 is 5.32 Å². The van der Waals surface area contributed by atoms with Crippen LogP contribution in [0.3, 0.4) is 0 Å². The van der Waals surface area contributed by atoms with Gasteiger partial charge in [0.1, 0.15) is 0 Å². The first-order chi connectivity index (χ1) is 11.9. The van der Waals surface area contributed by atoms with Crippen LogP contribution >= 0.6 is 0 Å². The Kier molecular flexibility index (Phi) is 3.35. The number of pyridine rings is 1. The van der Waals surface area contributed by atoms with Gasteiger partial charge in [0.15, 0.2) is 5.65 Å². The van der Waals surface area contributed by atoms with Crippen molar-refractivity contribution < 1.29 is 4.79 Å². The zero-order valence-electron chi connectivity index (χ0n) is 14.6. The Bertz CT molecular complexity index is 1140. The van der Waals surface area contributed by atoms with Gasteiger partial charge in [-0.15, -0.1) is 0 Å². The molecule has 0 aliphatic carbocycles. The van der Waals surface area contributed by atoms with Crippen molar-refractivity contribution in [3.63, 3.8) is 0 Å². The highest BCUT2D eigenvalue weighted by Crippen LogP contribution is 2.24. The molecule has 1 amide bonds. The molecule has 0 atom stereocenters. The van der Waals surface area contributed by atoms with E-state index in [1.54, 1.807) is 10.9 Å². The molecule has 0 fully saturated rings. The van der Waals surface area contributed by atoms with Gasteiger partial charge in [-0.3, -0.25) is 9.48 Å². The van der Waals surface area contributed by atoms with E-state index < -0.39 is 0 Å². The Morgan fingerprint density at radius 1 is 1.16 bits per heavy atom. The lowest BCUT2D eigenvalue weighted by Crippen LogP contribution is -2.12. The highest BCUT2D eigenvalue weighted by atomic mass is 16.1. The van der Waals surface area contributed by atoms with Crippen molar-refractivity contribution in [2.75, 3.05) is 5.32 Å². The van der Waals surface area contributed by atoms with E-state index in [1.807, 2.05) is 45.2 Å². The third-order valence-corrected chi connectivity index (χ3v) is 4.69. The summed E-state index contributed by atoms with van der Waals surface area (Å²) in [6.45, 7) is 6.02. The highest BCUT2D eigenvalue weighted by Gasteiger charge is 2.12. The van der Waals surface area contributed by atoms with Gasteiger partial charge in [-0.1, -0.05) is 0 Å². The van der Waals surface area contributed by atoms with Gasteiger partial charge in [0.2, 0.25) is 0 Å². The predicted molar refractivity (Wildman–Crippen MR) is 99.0 cm³/mol. The number of anilines is 1. The number of benzene rings is 1. The van der Waals surface area contributed by atoms with Crippen LogP contribution in [0.2, 0.25) is 0 Å². The summed E-state index contributed by atoms with van der Waals surface area (Å²) in [5, 5.41) is 9.29. The van der Waals surface area contributed by atoms with Gasteiger partial charge in [-0.2, -0.15) is 5.10 Å². The molecule has 0 aliphatic heterocycles. The molecule has 0 bridgehead atoms. The molecule has 4 rings (SSSR count). The quantitative estimate of drug-likeness (QED) is 0.588. The summed E-state index contributed by atoms with van der Waals surface area (Å²) in [6.07, 6.45) is 1.66. The maximum Gasteiger partial charge on any atom is 0.255 e. The fourth-order valence-electron chi connectivity index (χ4n) is 3.18. The number of carbonyl (C=O) groups is 1. The van der Waals surface area contributed by atoms with E-state index in [0.717, 1.165) is 33.3 Å². The van der Waals surface area contributed by atoms with Gasteiger partial charge in [-0.05, 0) is 50.6 Å². The lowest BCUT2D eigenvalue weighted by atomic mass is 10.1. The van der Waals surface area contributed by atoms with Gasteiger partial charge >= 0.3 is 0 Å². The number of H-pyrrole nitrogens is 1. The van der Waals surface area contributed by atoms with Gasteiger partial charge in [0, 0.05) is 34.6 Å². The molecule has 1 aromatic carbocycles. The second kappa shape index (κ2) is 5.44. The fourth-order valence-corrected chi connectivity index (χ4v) is 3.18. The molecule has 25 heavy (non-hydrogen) atoms. The first kappa shape index (κ1) is 15.4. The minimum atomic E-state index is -0.150. The molecule has 4 aromatic rings. The summed E-state index contributed by atoms with van der Waals surface area (Å²) in [7, 11) is 1.86. The summed E-state index contributed by atoms with van der Waals surface area (Å²) in [6, 6.07) is 7.60. The minimum Gasteiger partial charge on any atom is -0.358 e. The SMILES string of the molecule is Cc1[nH]c2ccc(C(=O)Nc3cnc4c(c3)c(C)nn4C)cc2c1C. The lowest BCUT2D eigenvalue weighted by molar-refractivity contribution is 0.102. The molecular weight excluding hydrogens is 314 g/mol. The standard InChI is InChI=1S/C19H19N5O/c1-10-11(2)21-17-6-5-13(7-15(10)17)19(25)22-14-8-16-12(3)23-24(4)18(16)20-9-14/h5-9,21H,1-4H3,(H,22,25). The number of aromatic nitrogens is 4. The zero-order chi connectivity index (χ0) is 17.7. The molecule has 126 valence electrons. The maximum atomic E-state index is 12.6. The smallest absolute Gasteiger partial charge is 0.255 e. The zero-order valence-corrected chi connectivity index (χ0v) is 14.6. The summed E-state index contributed by atoms with van der Waals surface area (Å²) in [5.74, 6) is -0.150. The molecule has 0 saturated carbocycles. The number of aromatic amines is 1. The van der Waals surface area contributed by atoms with E-state index in [2.05, 4.69) is 27.3 Å². The summed E-state index contributed by atoms with van der Waals surface area (Å²) < 4.78 is 1.74. The summed E-state index contributed by atoms with van der Waals surface area (Å²) in [4.78, 5) is 20.3. The molecule has 0 radical (unpaired) electrons. The van der Waals surface area contributed by atoms with Gasteiger partial charge in [0.05, 0.1) is 17.6 Å². The maximum absolute atomic E-state index is 12.6. The van der Waals surface area contributed by atoms with Crippen molar-refractivity contribution >= 4 is 33.5 Å². The Morgan fingerprint density at radius 3 is 2.76 bits per heavy atom. The average Bonchev–Trinajstić information content (AvgIpc) is 3.03. The number of amides is 1. The van der Waals surface area contributed by atoms with Crippen molar-refractivity contribution in [3.8, 4) is 0 Å². The molecule has 0 unspecified atom stereocenters. The van der Waals surface area contributed by atoms with Crippen LogP contribution in [0, 0.1) is 20.8 Å². The van der Waals surface area contributed by atoms with E-state index in [1.165, 1.54) is 5.56 Å². The Morgan fingerprint density at radius 2 is 1.96 bits per heavy atom. The number of carbonyl (C=O) groups excluding carboxylic acids is 1. The number of rotatable bonds is 2. The van der Waals surface area contributed by atoms with Crippen molar-refractivity contribution in [3.05, 3.63) is 53.0 Å². The minimum absolute atomic E-state index is 0.150. The van der Waals surface area contributed by atoms with E-state index in [4.69, 9.17) is 0 Å². The Hall–Kier alpha value is -3.15. The first-order valence-corrected chi connectivity index (χ1v) is 8.13. The average molecular weight is 333 g/mol. The highest BCUT2D eigenvalue weighted by molar-refractivity contribution is 6.07. The lowest BCUT2D eigenvalue weighted by Gasteiger charge is -2.06. The van der Waals surface area contributed by atoms with Gasteiger partial charge < -0.3 is 10.3 Å². The van der Waals surface area contributed by atoms with Gasteiger partial charge in [-0.25, -0.2) is 4.98 Å². The number of hydrogen-bond acceptors (Lipinski definition) is 3. The molecule has 0 spiro atoms. The monoisotopic (exact) mass is 333 g/mol. The number of aryl methyl sites for hydroxylation is 4. The van der Waals surface area contributed by atoms with E-state index in [9.17, 15) is 4.79 Å². The normalized spacial score (nSPS) is 11.4. The molecule has 3 aromatic heterocycles. The molecule has 6 nitrogen and oxygen atoms in total. The van der Waals surface area contributed by atoms with Crippen LogP contribution in [0.15, 0.2) is 30.5 Å². The fraction of sp³-hybridized carbons (Fsp3) is 0.211. The summed E-state index contributed by atoms with van der Waals surface area (Å²) >= 11 is 0. The third kappa shape index (κ3) is 2.46. The van der Waals surface area contributed by atoms with Crippen molar-refractivity contribution in [1.82, 2.24) is 19.7 Å². The van der Waals surface area contributed by atoms with E-state index >= 15 is 0 Å². The van der Waals surface area contributed by atoms with E-state index in [0.29, 0.717) is 11.3 Å². The third-order valence-electron chi connectivity index (χ3n) is 4.69. The van der Waals surface area contributed by atoms with Gasteiger partial charge in [0.25, 0.3) is 5.91 Å². The molecule has 6 heteroatoms. The molecule has 2 N–H and O–H groups in total. The Labute approximate surface area is 144 Å². The first-order valence-electron chi connectivity index (χ1n) is 8.13. The van der Waals surface area contributed by atoms with Crippen molar-refractivity contribution in [2.24, 2.45) is 7.05 Å². The van der Waals surface area contributed by atoms with Crippen LogP contribution in [0.25, 0.3) is 21.9 Å². The summed E-state index contributed by atoms with van der Waals surface area (Å²) in [5.41, 5.74) is 6.30. The molecule has 0 aliphatic rings.